The lowest BCUT2D eigenvalue weighted by Gasteiger charge is -2.06. The van der Waals surface area contributed by atoms with Crippen LogP contribution in [0.25, 0.3) is 0 Å². The monoisotopic (exact) mass is 453 g/mol. The lowest BCUT2D eigenvalue weighted by atomic mass is 10.1. The number of aromatic nitrogens is 2. The highest BCUT2D eigenvalue weighted by Gasteiger charge is 2.21. The van der Waals surface area contributed by atoms with Gasteiger partial charge in [0.25, 0.3) is 17.3 Å². The molecule has 3 aromatic rings. The van der Waals surface area contributed by atoms with Crippen LogP contribution in [0.4, 0.5) is 21.6 Å². The van der Waals surface area contributed by atoms with Crippen molar-refractivity contribution in [3.05, 3.63) is 89.8 Å². The van der Waals surface area contributed by atoms with Gasteiger partial charge in [0, 0.05) is 28.9 Å². The quantitative estimate of drug-likeness (QED) is 0.432. The van der Waals surface area contributed by atoms with E-state index in [9.17, 15) is 29.4 Å². The van der Waals surface area contributed by atoms with Crippen molar-refractivity contribution in [1.29, 1.82) is 0 Å². The Hall–Kier alpha value is -3.57. The van der Waals surface area contributed by atoms with Crippen molar-refractivity contribution in [2.75, 3.05) is 5.32 Å². The van der Waals surface area contributed by atoms with E-state index >= 15 is 0 Å². The van der Waals surface area contributed by atoms with Crippen molar-refractivity contribution in [1.82, 2.24) is 9.78 Å². The maximum atomic E-state index is 13.9. The van der Waals surface area contributed by atoms with Gasteiger partial charge >= 0.3 is 0 Å². The van der Waals surface area contributed by atoms with Gasteiger partial charge in [0.1, 0.15) is 10.8 Å². The number of amides is 1. The van der Waals surface area contributed by atoms with Crippen LogP contribution in [0.15, 0.2) is 42.6 Å². The molecule has 1 heterocycles. The number of rotatable bonds is 6. The van der Waals surface area contributed by atoms with Crippen LogP contribution >= 0.6 is 23.2 Å². The van der Waals surface area contributed by atoms with E-state index in [1.807, 2.05) is 0 Å². The van der Waals surface area contributed by atoms with Gasteiger partial charge in [-0.25, -0.2) is 4.39 Å². The number of carbonyl (C=O) groups is 1. The zero-order valence-electron chi connectivity index (χ0n) is 14.7. The van der Waals surface area contributed by atoms with E-state index in [1.54, 1.807) is 0 Å². The Bertz CT molecular complexity index is 1130. The first-order valence-corrected chi connectivity index (χ1v) is 8.82. The summed E-state index contributed by atoms with van der Waals surface area (Å²) in [4.78, 5) is 32.7. The SMILES string of the molecule is O=C(Nc1nn(Cc2c(F)cccc2Cl)cc1Cl)c1cc([N+](=O)[O-])cc([N+](=O)[O-])c1. The van der Waals surface area contributed by atoms with Gasteiger partial charge in [-0.05, 0) is 12.1 Å². The third-order valence-corrected chi connectivity index (χ3v) is 4.55. The standard InChI is InChI=1S/C17H10Cl2FN5O5/c18-13-2-1-3-15(20)12(13)7-23-8-14(19)16(22-23)21-17(26)9-4-10(24(27)28)6-11(5-9)25(29)30/h1-6,8H,7H2,(H,21,22,26). The number of nitro benzene ring substituents is 2. The van der Waals surface area contributed by atoms with E-state index in [4.69, 9.17) is 23.2 Å². The van der Waals surface area contributed by atoms with Crippen LogP contribution in [0.5, 0.6) is 0 Å². The van der Waals surface area contributed by atoms with Crippen molar-refractivity contribution >= 4 is 46.3 Å². The van der Waals surface area contributed by atoms with Crippen LogP contribution in [-0.2, 0) is 6.54 Å². The second kappa shape index (κ2) is 8.43. The number of benzene rings is 2. The summed E-state index contributed by atoms with van der Waals surface area (Å²) in [6.45, 7) is -0.0800. The zero-order valence-corrected chi connectivity index (χ0v) is 16.2. The molecule has 0 saturated carbocycles. The number of nitro groups is 2. The fourth-order valence-corrected chi connectivity index (χ4v) is 2.95. The first-order chi connectivity index (χ1) is 14.2. The Morgan fingerprint density at radius 2 is 1.73 bits per heavy atom. The van der Waals surface area contributed by atoms with E-state index in [2.05, 4.69) is 10.4 Å². The first-order valence-electron chi connectivity index (χ1n) is 8.06. The molecule has 3 rings (SSSR count). The minimum Gasteiger partial charge on any atom is -0.304 e. The molecule has 0 aliphatic carbocycles. The number of halogens is 3. The molecule has 0 unspecified atom stereocenters. The molecule has 1 N–H and O–H groups in total. The molecule has 30 heavy (non-hydrogen) atoms. The molecule has 0 radical (unpaired) electrons. The van der Waals surface area contributed by atoms with Crippen LogP contribution in [0.1, 0.15) is 15.9 Å². The molecule has 0 atom stereocenters. The molecular formula is C17H10Cl2FN5O5. The van der Waals surface area contributed by atoms with E-state index in [-0.39, 0.29) is 33.5 Å². The average Bonchev–Trinajstić information content (AvgIpc) is 3.03. The van der Waals surface area contributed by atoms with Crippen LogP contribution in [-0.4, -0.2) is 25.5 Å². The smallest absolute Gasteiger partial charge is 0.277 e. The molecular weight excluding hydrogens is 444 g/mol. The van der Waals surface area contributed by atoms with Crippen molar-refractivity contribution in [2.24, 2.45) is 0 Å². The Morgan fingerprint density at radius 3 is 2.30 bits per heavy atom. The molecule has 154 valence electrons. The summed E-state index contributed by atoms with van der Waals surface area (Å²) in [6.07, 6.45) is 1.32. The van der Waals surface area contributed by atoms with Crippen molar-refractivity contribution in [3.8, 4) is 0 Å². The maximum Gasteiger partial charge on any atom is 0.277 e. The summed E-state index contributed by atoms with van der Waals surface area (Å²) in [5.74, 6) is -1.58. The highest BCUT2D eigenvalue weighted by atomic mass is 35.5. The number of non-ortho nitro benzene ring substituents is 2. The fraction of sp³-hybridized carbons (Fsp3) is 0.0588. The van der Waals surface area contributed by atoms with Crippen LogP contribution in [0.3, 0.4) is 0 Å². The highest BCUT2D eigenvalue weighted by Crippen LogP contribution is 2.26. The average molecular weight is 454 g/mol. The Morgan fingerprint density at radius 1 is 1.10 bits per heavy atom. The normalized spacial score (nSPS) is 10.6. The number of hydrogen-bond donors (Lipinski definition) is 1. The van der Waals surface area contributed by atoms with Gasteiger partial charge in [0.05, 0.1) is 28.0 Å². The summed E-state index contributed by atoms with van der Waals surface area (Å²) in [6, 6.07) is 6.67. The van der Waals surface area contributed by atoms with E-state index in [1.165, 1.54) is 29.1 Å². The van der Waals surface area contributed by atoms with Crippen LogP contribution in [0.2, 0.25) is 10.0 Å². The number of nitrogens with one attached hydrogen (secondary N) is 1. The molecule has 2 aromatic carbocycles. The van der Waals surface area contributed by atoms with Crippen LogP contribution < -0.4 is 5.32 Å². The first kappa shape index (κ1) is 21.1. The lowest BCUT2D eigenvalue weighted by molar-refractivity contribution is -0.394. The van der Waals surface area contributed by atoms with Gasteiger partial charge in [-0.15, -0.1) is 0 Å². The topological polar surface area (TPSA) is 133 Å². The molecule has 1 amide bonds. The molecule has 10 nitrogen and oxygen atoms in total. The molecule has 0 spiro atoms. The maximum absolute atomic E-state index is 13.9. The minimum atomic E-state index is -0.905. The largest absolute Gasteiger partial charge is 0.304 e. The predicted octanol–water partition coefficient (Wildman–Crippen LogP) is 4.45. The van der Waals surface area contributed by atoms with Gasteiger partial charge in [-0.3, -0.25) is 29.7 Å². The van der Waals surface area contributed by atoms with E-state index < -0.39 is 32.9 Å². The van der Waals surface area contributed by atoms with Crippen LogP contribution in [0, 0.1) is 26.0 Å². The molecule has 0 saturated heterocycles. The number of nitrogens with zero attached hydrogens (tertiary/aromatic N) is 4. The Balaban J connectivity index is 1.86. The molecule has 0 aliphatic rings. The molecule has 0 fully saturated rings. The van der Waals surface area contributed by atoms with Gasteiger partial charge in [0.2, 0.25) is 0 Å². The van der Waals surface area contributed by atoms with Gasteiger partial charge < -0.3 is 5.32 Å². The third kappa shape index (κ3) is 4.53. The summed E-state index contributed by atoms with van der Waals surface area (Å²) >= 11 is 12.0. The third-order valence-electron chi connectivity index (χ3n) is 3.92. The van der Waals surface area contributed by atoms with Gasteiger partial charge in [-0.1, -0.05) is 29.3 Å². The molecule has 0 bridgehead atoms. The summed E-state index contributed by atoms with van der Waals surface area (Å²) in [7, 11) is 0. The van der Waals surface area contributed by atoms with Crippen molar-refractivity contribution < 1.29 is 19.0 Å². The second-order valence-corrected chi connectivity index (χ2v) is 6.74. The van der Waals surface area contributed by atoms with Crippen molar-refractivity contribution in [3.63, 3.8) is 0 Å². The number of hydrogen-bond acceptors (Lipinski definition) is 6. The zero-order chi connectivity index (χ0) is 22.0. The molecule has 1 aromatic heterocycles. The van der Waals surface area contributed by atoms with Crippen molar-refractivity contribution in [2.45, 2.75) is 6.54 Å². The fourth-order valence-electron chi connectivity index (χ4n) is 2.52. The Kier molecular flexibility index (Phi) is 5.94. The van der Waals surface area contributed by atoms with Gasteiger partial charge in [0.15, 0.2) is 5.82 Å². The minimum absolute atomic E-state index is 0.00394. The summed E-state index contributed by atoms with van der Waals surface area (Å²) < 4.78 is 15.2. The summed E-state index contributed by atoms with van der Waals surface area (Å²) in [5, 5.41) is 28.5. The Labute approximate surface area is 177 Å². The molecule has 0 aliphatic heterocycles. The predicted molar refractivity (Wildman–Crippen MR) is 105 cm³/mol. The summed E-state index contributed by atoms with van der Waals surface area (Å²) in [5.41, 5.74) is -1.43. The second-order valence-electron chi connectivity index (χ2n) is 5.93. The van der Waals surface area contributed by atoms with E-state index in [0.29, 0.717) is 0 Å². The number of anilines is 1. The van der Waals surface area contributed by atoms with E-state index in [0.717, 1.165) is 18.2 Å². The van der Waals surface area contributed by atoms with Gasteiger partial charge in [-0.2, -0.15) is 5.10 Å². The lowest BCUT2D eigenvalue weighted by Crippen LogP contribution is -2.14. The highest BCUT2D eigenvalue weighted by molar-refractivity contribution is 6.33. The molecule has 13 heteroatoms. The number of carbonyl (C=O) groups excluding carboxylic acids is 1.